The lowest BCUT2D eigenvalue weighted by Gasteiger charge is -2.03. The van der Waals surface area contributed by atoms with Crippen molar-refractivity contribution in [2.24, 2.45) is 12.0 Å². The van der Waals surface area contributed by atoms with Gasteiger partial charge in [0.2, 0.25) is 10.0 Å². The number of aromatic nitrogens is 2. The summed E-state index contributed by atoms with van der Waals surface area (Å²) >= 11 is 1.35. The first kappa shape index (κ1) is 18.3. The summed E-state index contributed by atoms with van der Waals surface area (Å²) in [5.41, 5.74) is 1.31. The number of thiazole rings is 1. The molecule has 7 nitrogen and oxygen atoms in total. The molecule has 0 saturated carbocycles. The molecule has 0 bridgehead atoms. The highest BCUT2D eigenvalue weighted by Crippen LogP contribution is 2.14. The molecule has 0 aliphatic carbocycles. The van der Waals surface area contributed by atoms with Crippen LogP contribution in [-0.4, -0.2) is 30.5 Å². The summed E-state index contributed by atoms with van der Waals surface area (Å²) in [6, 6.07) is 11.2. The van der Waals surface area contributed by atoms with Gasteiger partial charge in [-0.3, -0.25) is 4.79 Å². The largest absolute Gasteiger partial charge is 0.345 e. The second-order valence-electron chi connectivity index (χ2n) is 5.60. The summed E-state index contributed by atoms with van der Waals surface area (Å²) in [5.74, 6) is -0.491. The normalized spacial score (nSPS) is 12.5. The molecule has 9 heteroatoms. The minimum atomic E-state index is -3.61. The van der Waals surface area contributed by atoms with Crippen LogP contribution in [0.2, 0.25) is 0 Å². The maximum absolute atomic E-state index is 12.6. The van der Waals surface area contributed by atoms with Gasteiger partial charge in [-0.15, -0.1) is 11.3 Å². The lowest BCUT2D eigenvalue weighted by atomic mass is 10.2. The van der Waals surface area contributed by atoms with Crippen molar-refractivity contribution in [1.82, 2.24) is 13.9 Å². The number of benzene rings is 1. The van der Waals surface area contributed by atoms with Gasteiger partial charge >= 0.3 is 0 Å². The summed E-state index contributed by atoms with van der Waals surface area (Å²) in [4.78, 5) is 17.3. The monoisotopic (exact) mass is 390 g/mol. The number of sulfonamides is 1. The fraction of sp³-hybridized carbons (Fsp3) is 0.176. The average molecular weight is 390 g/mol. The molecule has 3 aromatic rings. The van der Waals surface area contributed by atoms with Crippen LogP contribution >= 0.6 is 11.3 Å². The first-order chi connectivity index (χ1) is 12.4. The lowest BCUT2D eigenvalue weighted by Crippen LogP contribution is -2.18. The zero-order chi connectivity index (χ0) is 18.7. The highest BCUT2D eigenvalue weighted by molar-refractivity contribution is 7.89. The summed E-state index contributed by atoms with van der Waals surface area (Å²) < 4.78 is 29.4. The van der Waals surface area contributed by atoms with E-state index in [-0.39, 0.29) is 10.6 Å². The Balaban J connectivity index is 1.92. The number of hydrogen-bond donors (Lipinski definition) is 1. The quantitative estimate of drug-likeness (QED) is 0.718. The first-order valence-corrected chi connectivity index (χ1v) is 10.1. The van der Waals surface area contributed by atoms with Gasteiger partial charge in [-0.1, -0.05) is 30.3 Å². The van der Waals surface area contributed by atoms with Crippen LogP contribution in [-0.2, 0) is 23.6 Å². The van der Waals surface area contributed by atoms with Crippen LogP contribution in [0.25, 0.3) is 0 Å². The summed E-state index contributed by atoms with van der Waals surface area (Å²) in [7, 11) is -0.671. The van der Waals surface area contributed by atoms with Gasteiger partial charge in [-0.05, 0) is 18.7 Å². The predicted molar refractivity (Wildman–Crippen MR) is 99.4 cm³/mol. The summed E-state index contributed by atoms with van der Waals surface area (Å²) in [5, 5.41) is 1.86. The van der Waals surface area contributed by atoms with Crippen LogP contribution in [0.1, 0.15) is 16.1 Å². The Hall–Kier alpha value is -2.49. The summed E-state index contributed by atoms with van der Waals surface area (Å²) in [6.45, 7) is 0.600. The van der Waals surface area contributed by atoms with Gasteiger partial charge in [0.05, 0.1) is 0 Å². The third kappa shape index (κ3) is 3.85. The van der Waals surface area contributed by atoms with Crippen molar-refractivity contribution in [3.63, 3.8) is 0 Å². The number of aryl methyl sites for hydroxylation is 1. The molecule has 1 aromatic carbocycles. The molecule has 136 valence electrons. The van der Waals surface area contributed by atoms with Crippen molar-refractivity contribution in [3.05, 3.63) is 70.2 Å². The van der Waals surface area contributed by atoms with Crippen LogP contribution in [0.4, 0.5) is 0 Å². The maximum Gasteiger partial charge on any atom is 0.296 e. The van der Waals surface area contributed by atoms with Gasteiger partial charge in [0.1, 0.15) is 10.6 Å². The van der Waals surface area contributed by atoms with E-state index < -0.39 is 15.9 Å². The molecule has 3 rings (SSSR count). The molecule has 0 fully saturated rings. The molecule has 0 atom stereocenters. The Kier molecular flexibility index (Phi) is 5.21. The van der Waals surface area contributed by atoms with Gasteiger partial charge < -0.3 is 9.13 Å². The van der Waals surface area contributed by atoms with E-state index in [1.807, 2.05) is 46.5 Å². The zero-order valence-electron chi connectivity index (χ0n) is 14.3. The third-order valence-electron chi connectivity index (χ3n) is 3.83. The smallest absolute Gasteiger partial charge is 0.296 e. The Morgan fingerprint density at radius 2 is 2.00 bits per heavy atom. The molecule has 26 heavy (non-hydrogen) atoms. The van der Waals surface area contributed by atoms with E-state index in [1.54, 1.807) is 7.05 Å². The molecular formula is C17H18N4O3S2. The number of hydrogen-bond acceptors (Lipinski definition) is 4. The number of carbonyl (C=O) groups excluding carboxylic acids is 1. The highest BCUT2D eigenvalue weighted by atomic mass is 32.2. The van der Waals surface area contributed by atoms with Crippen molar-refractivity contribution < 1.29 is 13.2 Å². The molecule has 2 aromatic heterocycles. The van der Waals surface area contributed by atoms with E-state index in [0.29, 0.717) is 11.3 Å². The van der Waals surface area contributed by atoms with E-state index in [9.17, 15) is 13.2 Å². The van der Waals surface area contributed by atoms with Crippen molar-refractivity contribution in [2.75, 3.05) is 7.05 Å². The number of carbonyl (C=O) groups is 1. The summed E-state index contributed by atoms with van der Waals surface area (Å²) in [6.07, 6.45) is 3.26. The topological polar surface area (TPSA) is 85.5 Å². The second-order valence-corrected chi connectivity index (χ2v) is 8.36. The Morgan fingerprint density at radius 1 is 1.27 bits per heavy atom. The average Bonchev–Trinajstić information content (AvgIpc) is 3.23. The second kappa shape index (κ2) is 7.40. The van der Waals surface area contributed by atoms with Gasteiger partial charge in [0.25, 0.3) is 5.91 Å². The van der Waals surface area contributed by atoms with E-state index >= 15 is 0 Å². The SMILES string of the molecule is CNS(=O)(=O)c1cc(C(=O)N=c2sccn2Cc2ccccc2)n(C)c1. The number of nitrogens with one attached hydrogen (secondary N) is 1. The van der Waals surface area contributed by atoms with E-state index in [0.717, 1.165) is 5.56 Å². The van der Waals surface area contributed by atoms with Crippen molar-refractivity contribution in [3.8, 4) is 0 Å². The fourth-order valence-electron chi connectivity index (χ4n) is 2.44. The van der Waals surface area contributed by atoms with Crippen LogP contribution in [0.3, 0.4) is 0 Å². The number of amides is 1. The maximum atomic E-state index is 12.6. The van der Waals surface area contributed by atoms with Crippen LogP contribution < -0.4 is 9.52 Å². The van der Waals surface area contributed by atoms with Crippen molar-refractivity contribution >= 4 is 27.3 Å². The number of rotatable bonds is 5. The Bertz CT molecular complexity index is 1090. The first-order valence-electron chi connectivity index (χ1n) is 7.77. The fourth-order valence-corrected chi connectivity index (χ4v) is 3.97. The standard InChI is InChI=1S/C17H18N4O3S2/c1-18-26(23,24)14-10-15(20(2)12-14)16(22)19-17-21(8-9-25-17)11-13-6-4-3-5-7-13/h3-10,12,18H,11H2,1-2H3. The van der Waals surface area contributed by atoms with Crippen LogP contribution in [0, 0.1) is 0 Å². The van der Waals surface area contributed by atoms with Gasteiger partial charge in [0, 0.05) is 31.4 Å². The molecule has 0 radical (unpaired) electrons. The van der Waals surface area contributed by atoms with Crippen LogP contribution in [0.5, 0.6) is 0 Å². The predicted octanol–water partition coefficient (Wildman–Crippen LogP) is 1.59. The molecule has 0 saturated heterocycles. The molecular weight excluding hydrogens is 372 g/mol. The van der Waals surface area contributed by atoms with Gasteiger partial charge in [0.15, 0.2) is 4.80 Å². The molecule has 1 amide bonds. The van der Waals surface area contributed by atoms with Gasteiger partial charge in [-0.25, -0.2) is 13.1 Å². The third-order valence-corrected chi connectivity index (χ3v) is 6.01. The zero-order valence-corrected chi connectivity index (χ0v) is 15.9. The molecule has 0 aliphatic rings. The van der Waals surface area contributed by atoms with Crippen molar-refractivity contribution in [1.29, 1.82) is 0 Å². The number of nitrogens with zero attached hydrogens (tertiary/aromatic N) is 3. The van der Waals surface area contributed by atoms with E-state index in [2.05, 4.69) is 9.71 Å². The minimum Gasteiger partial charge on any atom is -0.345 e. The molecule has 1 N–H and O–H groups in total. The minimum absolute atomic E-state index is 0.0318. The lowest BCUT2D eigenvalue weighted by molar-refractivity contribution is 0.0990. The van der Waals surface area contributed by atoms with E-state index in [1.165, 1.54) is 35.2 Å². The molecule has 0 aliphatic heterocycles. The Labute approximate surface area is 155 Å². The van der Waals surface area contributed by atoms with Gasteiger partial charge in [-0.2, -0.15) is 4.99 Å². The van der Waals surface area contributed by atoms with Crippen LogP contribution in [0.15, 0.2) is 64.1 Å². The Morgan fingerprint density at radius 3 is 2.69 bits per heavy atom. The van der Waals surface area contributed by atoms with Crippen molar-refractivity contribution in [2.45, 2.75) is 11.4 Å². The highest BCUT2D eigenvalue weighted by Gasteiger charge is 2.19. The molecule has 2 heterocycles. The van der Waals surface area contributed by atoms with E-state index in [4.69, 9.17) is 0 Å². The molecule has 0 spiro atoms. The molecule has 0 unspecified atom stereocenters.